The lowest BCUT2D eigenvalue weighted by atomic mass is 10.0. The molecule has 0 aliphatic rings. The van der Waals surface area contributed by atoms with Gasteiger partial charge in [0.2, 0.25) is 0 Å². The molecule has 128 valence electrons. The van der Waals surface area contributed by atoms with E-state index >= 15 is 0 Å². The number of pyridine rings is 1. The topological polar surface area (TPSA) is 33.2 Å². The number of halogens is 2. The number of rotatable bonds is 4. The van der Waals surface area contributed by atoms with E-state index in [0.29, 0.717) is 34.4 Å². The summed E-state index contributed by atoms with van der Waals surface area (Å²) in [7, 11) is 0. The monoisotopic (exact) mass is 372 g/mol. The van der Waals surface area contributed by atoms with Gasteiger partial charge in [0.1, 0.15) is 0 Å². The Balaban J connectivity index is 2.24. The van der Waals surface area contributed by atoms with Crippen molar-refractivity contribution in [2.45, 2.75) is 13.8 Å². The van der Waals surface area contributed by atoms with Crippen LogP contribution in [-0.2, 0) is 0 Å². The van der Waals surface area contributed by atoms with Gasteiger partial charge in [-0.3, -0.25) is 4.79 Å². The molecule has 3 rings (SSSR count). The minimum absolute atomic E-state index is 0.00469. The summed E-state index contributed by atoms with van der Waals surface area (Å²) in [6, 6.07) is 14.7. The van der Waals surface area contributed by atoms with E-state index in [1.54, 1.807) is 17.0 Å². The minimum atomic E-state index is -0.00469. The molecule has 0 saturated carbocycles. The highest BCUT2D eigenvalue weighted by Gasteiger charge is 2.18. The second kappa shape index (κ2) is 7.42. The highest BCUT2D eigenvalue weighted by molar-refractivity contribution is 6.36. The average molecular weight is 373 g/mol. The van der Waals surface area contributed by atoms with Gasteiger partial charge < -0.3 is 4.90 Å². The van der Waals surface area contributed by atoms with Crippen LogP contribution in [0.5, 0.6) is 0 Å². The van der Waals surface area contributed by atoms with Crippen LogP contribution < -0.4 is 0 Å². The van der Waals surface area contributed by atoms with Crippen LogP contribution in [0.25, 0.3) is 22.2 Å². The summed E-state index contributed by atoms with van der Waals surface area (Å²) in [5, 5.41) is 1.92. The Labute approximate surface area is 157 Å². The standard InChI is InChI=1S/C20H18Cl2N2O/c1-3-24(4-2)20(25)16-12-19(15-10-9-13(21)11-17(15)22)23-18-8-6-5-7-14(16)18/h5-12H,3-4H2,1-2H3. The minimum Gasteiger partial charge on any atom is -0.339 e. The summed E-state index contributed by atoms with van der Waals surface area (Å²) < 4.78 is 0. The molecule has 1 heterocycles. The van der Waals surface area contributed by atoms with Crippen molar-refractivity contribution in [3.8, 4) is 11.3 Å². The van der Waals surface area contributed by atoms with Crippen molar-refractivity contribution in [2.24, 2.45) is 0 Å². The van der Waals surface area contributed by atoms with Crippen LogP contribution >= 0.6 is 23.2 Å². The molecule has 0 radical (unpaired) electrons. The Morgan fingerprint density at radius 2 is 1.76 bits per heavy atom. The van der Waals surface area contributed by atoms with Crippen LogP contribution in [0.3, 0.4) is 0 Å². The van der Waals surface area contributed by atoms with Crippen LogP contribution in [0.1, 0.15) is 24.2 Å². The fourth-order valence-corrected chi connectivity index (χ4v) is 3.37. The molecular weight excluding hydrogens is 355 g/mol. The molecular formula is C20H18Cl2N2O. The van der Waals surface area contributed by atoms with Gasteiger partial charge in [-0.05, 0) is 44.2 Å². The Kier molecular flexibility index (Phi) is 5.26. The van der Waals surface area contributed by atoms with Gasteiger partial charge in [-0.1, -0.05) is 41.4 Å². The number of para-hydroxylation sites is 1. The molecule has 0 atom stereocenters. The molecule has 25 heavy (non-hydrogen) atoms. The molecule has 0 spiro atoms. The number of carbonyl (C=O) groups excluding carboxylic acids is 1. The summed E-state index contributed by atoms with van der Waals surface area (Å²) in [4.78, 5) is 19.5. The SMILES string of the molecule is CCN(CC)C(=O)c1cc(-c2ccc(Cl)cc2Cl)nc2ccccc12. The molecule has 1 amide bonds. The Bertz CT molecular complexity index is 936. The van der Waals surface area contributed by atoms with E-state index in [4.69, 9.17) is 28.2 Å². The van der Waals surface area contributed by atoms with Gasteiger partial charge >= 0.3 is 0 Å². The van der Waals surface area contributed by atoms with Crippen LogP contribution in [0.4, 0.5) is 0 Å². The lowest BCUT2D eigenvalue weighted by molar-refractivity contribution is 0.0775. The predicted molar refractivity (Wildman–Crippen MR) is 104 cm³/mol. The molecule has 3 aromatic rings. The lowest BCUT2D eigenvalue weighted by Gasteiger charge is -2.20. The van der Waals surface area contributed by atoms with Gasteiger partial charge in [0.25, 0.3) is 5.91 Å². The normalized spacial score (nSPS) is 10.9. The van der Waals surface area contributed by atoms with Crippen molar-refractivity contribution in [1.82, 2.24) is 9.88 Å². The molecule has 5 heteroatoms. The Morgan fingerprint density at radius 3 is 2.44 bits per heavy atom. The van der Waals surface area contributed by atoms with Gasteiger partial charge in [0.15, 0.2) is 0 Å². The zero-order valence-corrected chi connectivity index (χ0v) is 15.6. The van der Waals surface area contributed by atoms with Crippen LogP contribution in [0.2, 0.25) is 10.0 Å². The molecule has 0 fully saturated rings. The Morgan fingerprint density at radius 1 is 1.04 bits per heavy atom. The average Bonchev–Trinajstić information content (AvgIpc) is 2.61. The molecule has 0 N–H and O–H groups in total. The highest BCUT2D eigenvalue weighted by Crippen LogP contribution is 2.32. The quantitative estimate of drug-likeness (QED) is 0.589. The van der Waals surface area contributed by atoms with Crippen molar-refractivity contribution >= 4 is 40.0 Å². The predicted octanol–water partition coefficient (Wildman–Crippen LogP) is 5.69. The largest absolute Gasteiger partial charge is 0.339 e. The Hall–Kier alpha value is -2.10. The maximum Gasteiger partial charge on any atom is 0.254 e. The second-order valence-corrected chi connectivity index (χ2v) is 6.52. The lowest BCUT2D eigenvalue weighted by Crippen LogP contribution is -2.30. The van der Waals surface area contributed by atoms with E-state index in [9.17, 15) is 4.79 Å². The summed E-state index contributed by atoms with van der Waals surface area (Å²) >= 11 is 12.3. The van der Waals surface area contributed by atoms with Crippen LogP contribution in [0.15, 0.2) is 48.5 Å². The first kappa shape index (κ1) is 17.7. The third-order valence-electron chi connectivity index (χ3n) is 4.20. The van der Waals surface area contributed by atoms with E-state index in [1.807, 2.05) is 50.2 Å². The number of nitrogens with zero attached hydrogens (tertiary/aromatic N) is 2. The van der Waals surface area contributed by atoms with Crippen molar-refractivity contribution < 1.29 is 4.79 Å². The van der Waals surface area contributed by atoms with Crippen molar-refractivity contribution in [2.75, 3.05) is 13.1 Å². The zero-order chi connectivity index (χ0) is 18.0. The number of benzene rings is 2. The van der Waals surface area contributed by atoms with E-state index in [0.717, 1.165) is 16.5 Å². The third-order valence-corrected chi connectivity index (χ3v) is 4.75. The van der Waals surface area contributed by atoms with E-state index in [2.05, 4.69) is 0 Å². The van der Waals surface area contributed by atoms with Gasteiger partial charge in [-0.25, -0.2) is 4.98 Å². The molecule has 0 aliphatic heterocycles. The van der Waals surface area contributed by atoms with Gasteiger partial charge in [-0.15, -0.1) is 0 Å². The first-order chi connectivity index (χ1) is 12.0. The van der Waals surface area contributed by atoms with Crippen molar-refractivity contribution in [3.63, 3.8) is 0 Å². The zero-order valence-electron chi connectivity index (χ0n) is 14.1. The number of hydrogen-bond donors (Lipinski definition) is 0. The van der Waals surface area contributed by atoms with Gasteiger partial charge in [0, 0.05) is 29.1 Å². The van der Waals surface area contributed by atoms with E-state index < -0.39 is 0 Å². The molecule has 0 saturated heterocycles. The first-order valence-electron chi connectivity index (χ1n) is 8.19. The van der Waals surface area contributed by atoms with Crippen LogP contribution in [-0.4, -0.2) is 28.9 Å². The molecule has 0 aliphatic carbocycles. The summed E-state index contributed by atoms with van der Waals surface area (Å²) in [5.41, 5.74) is 2.82. The van der Waals surface area contributed by atoms with Gasteiger partial charge in [0.05, 0.1) is 21.8 Å². The number of carbonyl (C=O) groups is 1. The fourth-order valence-electron chi connectivity index (χ4n) is 2.87. The molecule has 1 aromatic heterocycles. The summed E-state index contributed by atoms with van der Waals surface area (Å²) in [6.45, 7) is 5.26. The third kappa shape index (κ3) is 3.48. The maximum absolute atomic E-state index is 13.0. The smallest absolute Gasteiger partial charge is 0.254 e. The highest BCUT2D eigenvalue weighted by atomic mass is 35.5. The molecule has 0 bridgehead atoms. The van der Waals surface area contributed by atoms with Crippen LogP contribution in [0, 0.1) is 0 Å². The maximum atomic E-state index is 13.0. The fraction of sp³-hybridized carbons (Fsp3) is 0.200. The van der Waals surface area contributed by atoms with Crippen molar-refractivity contribution in [3.05, 3.63) is 64.1 Å². The summed E-state index contributed by atoms with van der Waals surface area (Å²) in [5.74, 6) is -0.00469. The number of amides is 1. The van der Waals surface area contributed by atoms with Gasteiger partial charge in [-0.2, -0.15) is 0 Å². The number of aromatic nitrogens is 1. The first-order valence-corrected chi connectivity index (χ1v) is 8.95. The second-order valence-electron chi connectivity index (χ2n) is 5.67. The van der Waals surface area contributed by atoms with Crippen molar-refractivity contribution in [1.29, 1.82) is 0 Å². The molecule has 2 aromatic carbocycles. The summed E-state index contributed by atoms with van der Waals surface area (Å²) in [6.07, 6.45) is 0. The molecule has 3 nitrogen and oxygen atoms in total. The number of hydrogen-bond acceptors (Lipinski definition) is 2. The van der Waals surface area contributed by atoms with E-state index in [1.165, 1.54) is 0 Å². The van der Waals surface area contributed by atoms with E-state index in [-0.39, 0.29) is 5.91 Å². The molecule has 0 unspecified atom stereocenters. The number of fused-ring (bicyclic) bond motifs is 1.